The van der Waals surface area contributed by atoms with Crippen LogP contribution in [0, 0.1) is 3.95 Å². The second kappa shape index (κ2) is 8.56. The Hall–Kier alpha value is -3.50. The molecule has 10 heteroatoms. The number of amides is 2. The molecular formula is C22H20N4O4S2. The maximum atomic E-state index is 12.8. The highest BCUT2D eigenvalue weighted by Gasteiger charge is 2.19. The zero-order valence-corrected chi connectivity index (χ0v) is 19.1. The van der Waals surface area contributed by atoms with Crippen molar-refractivity contribution in [1.82, 2.24) is 14.7 Å². The number of rotatable bonds is 5. The normalized spacial score (nSPS) is 11.1. The highest BCUT2D eigenvalue weighted by Crippen LogP contribution is 2.24. The second-order valence-electron chi connectivity index (χ2n) is 7.38. The number of aromatic nitrogens is 2. The van der Waals surface area contributed by atoms with E-state index in [9.17, 15) is 14.4 Å². The van der Waals surface area contributed by atoms with Gasteiger partial charge in [-0.15, -0.1) is 0 Å². The Balaban J connectivity index is 1.80. The summed E-state index contributed by atoms with van der Waals surface area (Å²) < 4.78 is 7.14. The van der Waals surface area contributed by atoms with Crippen LogP contribution in [-0.2, 0) is 0 Å². The van der Waals surface area contributed by atoms with E-state index in [1.54, 1.807) is 54.0 Å². The standard InChI is InChI=1S/C22H20N4O4S2/c1-11(2)23-21(29)17-18-25-20(28)15-9-4-12(10-16(15)26(18)22(31)32-17)19(27)24-13-5-7-14(30-3)8-6-13/h4-11H,1-3H3,(H,23,29)(H,24,27)(H,25,28). The fourth-order valence-electron chi connectivity index (χ4n) is 3.29. The third kappa shape index (κ3) is 4.02. The van der Waals surface area contributed by atoms with Gasteiger partial charge in [-0.2, -0.15) is 0 Å². The molecule has 0 fully saturated rings. The van der Waals surface area contributed by atoms with Gasteiger partial charge in [0.2, 0.25) is 0 Å². The fourth-order valence-corrected chi connectivity index (χ4v) is 4.58. The van der Waals surface area contributed by atoms with Crippen LogP contribution in [0.3, 0.4) is 0 Å². The lowest BCUT2D eigenvalue weighted by Gasteiger charge is -2.09. The first-order chi connectivity index (χ1) is 15.3. The zero-order chi connectivity index (χ0) is 23.0. The Bertz CT molecular complexity index is 1470. The highest BCUT2D eigenvalue weighted by atomic mass is 32.1. The Morgan fingerprint density at radius 2 is 1.84 bits per heavy atom. The monoisotopic (exact) mass is 468 g/mol. The largest absolute Gasteiger partial charge is 0.497 e. The average Bonchev–Trinajstić information content (AvgIpc) is 3.10. The van der Waals surface area contributed by atoms with Gasteiger partial charge in [0.1, 0.15) is 16.3 Å². The molecule has 0 saturated carbocycles. The maximum Gasteiger partial charge on any atom is 0.265 e. The molecule has 0 aliphatic heterocycles. The Morgan fingerprint density at radius 1 is 1.12 bits per heavy atom. The van der Waals surface area contributed by atoms with Crippen molar-refractivity contribution in [3.8, 4) is 5.75 Å². The van der Waals surface area contributed by atoms with Crippen molar-refractivity contribution in [3.05, 3.63) is 67.2 Å². The minimum atomic E-state index is -0.367. The lowest BCUT2D eigenvalue weighted by molar-refractivity contribution is 0.0947. The van der Waals surface area contributed by atoms with Crippen LogP contribution in [0.15, 0.2) is 47.3 Å². The Kier molecular flexibility index (Phi) is 5.81. The number of carbonyl (C=O) groups is 2. The summed E-state index contributed by atoms with van der Waals surface area (Å²) in [5.74, 6) is 0.0199. The second-order valence-corrected chi connectivity index (χ2v) is 9.02. The van der Waals surface area contributed by atoms with Crippen LogP contribution in [-0.4, -0.2) is 34.4 Å². The predicted molar refractivity (Wildman–Crippen MR) is 128 cm³/mol. The van der Waals surface area contributed by atoms with Crippen molar-refractivity contribution < 1.29 is 14.3 Å². The van der Waals surface area contributed by atoms with Crippen molar-refractivity contribution in [1.29, 1.82) is 0 Å². The molecule has 2 aromatic heterocycles. The lowest BCUT2D eigenvalue weighted by Crippen LogP contribution is -2.30. The topological polar surface area (TPSA) is 105 Å². The summed E-state index contributed by atoms with van der Waals surface area (Å²) in [4.78, 5) is 41.2. The molecule has 4 aromatic rings. The van der Waals surface area contributed by atoms with Crippen molar-refractivity contribution >= 4 is 57.6 Å². The van der Waals surface area contributed by atoms with E-state index in [0.717, 1.165) is 11.3 Å². The van der Waals surface area contributed by atoms with Gasteiger partial charge >= 0.3 is 0 Å². The van der Waals surface area contributed by atoms with Gasteiger partial charge in [-0.1, -0.05) is 11.3 Å². The number of ether oxygens (including phenoxy) is 1. The van der Waals surface area contributed by atoms with Crippen LogP contribution < -0.4 is 20.9 Å². The summed E-state index contributed by atoms with van der Waals surface area (Å²) in [5, 5.41) is 6.00. The van der Waals surface area contributed by atoms with Crippen LogP contribution in [0.25, 0.3) is 16.6 Å². The molecule has 32 heavy (non-hydrogen) atoms. The van der Waals surface area contributed by atoms with Crippen LogP contribution in [0.4, 0.5) is 5.69 Å². The number of nitrogens with one attached hydrogen (secondary N) is 3. The highest BCUT2D eigenvalue weighted by molar-refractivity contribution is 7.73. The van der Waals surface area contributed by atoms with Crippen molar-refractivity contribution in [2.24, 2.45) is 0 Å². The summed E-state index contributed by atoms with van der Waals surface area (Å²) >= 11 is 6.59. The van der Waals surface area contributed by atoms with E-state index in [4.69, 9.17) is 17.0 Å². The molecule has 2 heterocycles. The summed E-state index contributed by atoms with van der Waals surface area (Å²) in [5.41, 5.74) is 1.35. The summed E-state index contributed by atoms with van der Waals surface area (Å²) in [7, 11) is 1.57. The molecule has 0 atom stereocenters. The minimum absolute atomic E-state index is 0.0707. The first-order valence-corrected chi connectivity index (χ1v) is 11.0. The molecule has 0 aliphatic carbocycles. The SMILES string of the molecule is COc1ccc(NC(=O)c2ccc3c(=O)[nH]c4c(C(=O)NC(C)C)sc(=S)n4c3c2)cc1. The van der Waals surface area contributed by atoms with Gasteiger partial charge < -0.3 is 20.4 Å². The third-order valence-corrected chi connectivity index (χ3v) is 6.13. The van der Waals surface area contributed by atoms with Crippen molar-refractivity contribution in [2.75, 3.05) is 12.4 Å². The maximum absolute atomic E-state index is 12.8. The van der Waals surface area contributed by atoms with Gasteiger partial charge in [-0.05, 0) is 68.5 Å². The van der Waals surface area contributed by atoms with E-state index in [-0.39, 0.29) is 23.4 Å². The molecule has 8 nitrogen and oxygen atoms in total. The predicted octanol–water partition coefficient (Wildman–Crippen LogP) is 3.97. The van der Waals surface area contributed by atoms with E-state index in [1.165, 1.54) is 0 Å². The number of hydrogen-bond donors (Lipinski definition) is 3. The number of anilines is 1. The number of fused-ring (bicyclic) bond motifs is 3. The van der Waals surface area contributed by atoms with Crippen LogP contribution in [0.1, 0.15) is 33.9 Å². The number of methoxy groups -OCH3 is 1. The Labute approximate surface area is 191 Å². The van der Waals surface area contributed by atoms with Gasteiger partial charge in [0.15, 0.2) is 3.95 Å². The van der Waals surface area contributed by atoms with E-state index in [2.05, 4.69) is 15.6 Å². The quantitative estimate of drug-likeness (QED) is 0.385. The van der Waals surface area contributed by atoms with Gasteiger partial charge in [-0.3, -0.25) is 18.8 Å². The molecule has 3 N–H and O–H groups in total. The molecule has 0 spiro atoms. The van der Waals surface area contributed by atoms with Crippen LogP contribution in [0.2, 0.25) is 0 Å². The van der Waals surface area contributed by atoms with Gasteiger partial charge in [0.25, 0.3) is 17.4 Å². The third-order valence-electron chi connectivity index (χ3n) is 4.76. The summed E-state index contributed by atoms with van der Waals surface area (Å²) in [6.45, 7) is 3.70. The molecular weight excluding hydrogens is 448 g/mol. The molecule has 2 amide bonds. The van der Waals surface area contributed by atoms with E-state index in [1.807, 2.05) is 13.8 Å². The van der Waals surface area contributed by atoms with Gasteiger partial charge in [0.05, 0.1) is 18.0 Å². The summed E-state index contributed by atoms with van der Waals surface area (Å²) in [6.07, 6.45) is 0. The van der Waals surface area contributed by atoms with E-state index in [0.29, 0.717) is 42.4 Å². The molecule has 0 radical (unpaired) electrons. The molecule has 0 unspecified atom stereocenters. The molecule has 0 aliphatic rings. The minimum Gasteiger partial charge on any atom is -0.497 e. The smallest absolute Gasteiger partial charge is 0.265 e. The molecule has 2 aromatic carbocycles. The van der Waals surface area contributed by atoms with E-state index < -0.39 is 0 Å². The number of thiazole rings is 1. The molecule has 0 bridgehead atoms. The first-order valence-electron chi connectivity index (χ1n) is 9.76. The Morgan fingerprint density at radius 3 is 2.50 bits per heavy atom. The fraction of sp³-hybridized carbons (Fsp3) is 0.182. The number of H-pyrrole nitrogens is 1. The molecule has 164 valence electrons. The van der Waals surface area contributed by atoms with Gasteiger partial charge in [-0.25, -0.2) is 0 Å². The number of nitrogens with zero attached hydrogens (tertiary/aromatic N) is 1. The van der Waals surface area contributed by atoms with Crippen LogP contribution in [0.5, 0.6) is 5.75 Å². The number of aromatic amines is 1. The van der Waals surface area contributed by atoms with E-state index >= 15 is 0 Å². The molecule has 4 rings (SSSR count). The van der Waals surface area contributed by atoms with Gasteiger partial charge in [0, 0.05) is 17.3 Å². The summed E-state index contributed by atoms with van der Waals surface area (Å²) in [6, 6.07) is 11.6. The number of hydrogen-bond acceptors (Lipinski definition) is 6. The zero-order valence-electron chi connectivity index (χ0n) is 17.5. The average molecular weight is 469 g/mol. The lowest BCUT2D eigenvalue weighted by atomic mass is 10.1. The molecule has 0 saturated heterocycles. The van der Waals surface area contributed by atoms with Crippen LogP contribution >= 0.6 is 23.6 Å². The first kappa shape index (κ1) is 21.7. The van der Waals surface area contributed by atoms with Crippen molar-refractivity contribution in [2.45, 2.75) is 19.9 Å². The van der Waals surface area contributed by atoms with Crippen molar-refractivity contribution in [3.63, 3.8) is 0 Å². The number of benzene rings is 2. The number of carbonyl (C=O) groups excluding carboxylic acids is 2.